The van der Waals surface area contributed by atoms with Gasteiger partial charge in [-0.15, -0.1) is 0 Å². The maximum atomic E-state index is 3.54. The molecular weight excluding hydrogens is 464 g/mol. The lowest BCUT2D eigenvalue weighted by Crippen LogP contribution is -2.61. The van der Waals surface area contributed by atoms with E-state index in [4.69, 9.17) is 0 Å². The van der Waals surface area contributed by atoms with Crippen molar-refractivity contribution in [3.63, 3.8) is 0 Å². The van der Waals surface area contributed by atoms with Gasteiger partial charge in [-0.1, -0.05) is 70.0 Å². The number of hydrogen-bond acceptors (Lipinski definition) is 2. The van der Waals surface area contributed by atoms with Crippen molar-refractivity contribution in [1.82, 2.24) is 9.80 Å². The van der Waals surface area contributed by atoms with E-state index in [9.17, 15) is 0 Å². The van der Waals surface area contributed by atoms with Crippen molar-refractivity contribution >= 4 is 31.9 Å². The topological polar surface area (TPSA) is 6.48 Å². The van der Waals surface area contributed by atoms with Gasteiger partial charge < -0.3 is 0 Å². The first-order valence-corrected chi connectivity index (χ1v) is 11.3. The minimum absolute atomic E-state index is 0.371. The highest BCUT2D eigenvalue weighted by atomic mass is 79.9. The number of benzene rings is 2. The van der Waals surface area contributed by atoms with E-state index in [2.05, 4.69) is 104 Å². The van der Waals surface area contributed by atoms with Crippen LogP contribution in [0.1, 0.15) is 31.4 Å². The Morgan fingerprint density at radius 2 is 1.00 bits per heavy atom. The van der Waals surface area contributed by atoms with E-state index in [1.165, 1.54) is 43.7 Å². The number of nitrogens with zero attached hydrogens (tertiary/aromatic N) is 2. The molecule has 0 N–H and O–H groups in total. The fourth-order valence-corrected chi connectivity index (χ4v) is 6.07. The summed E-state index contributed by atoms with van der Waals surface area (Å²) in [5, 5.41) is 0. The molecule has 2 aromatic carbocycles. The first-order valence-electron chi connectivity index (χ1n) is 9.75. The summed E-state index contributed by atoms with van der Waals surface area (Å²) in [6.07, 6.45) is 1.34. The SMILES string of the molecule is CC12CN(Cc3ccc(Br)cc3)CC(C)(CN(Cc3ccc(Br)cc3)C1)C2. The summed E-state index contributed by atoms with van der Waals surface area (Å²) in [6.45, 7) is 11.9. The van der Waals surface area contributed by atoms with Crippen molar-refractivity contribution in [2.75, 3.05) is 26.2 Å². The van der Waals surface area contributed by atoms with Crippen molar-refractivity contribution in [2.45, 2.75) is 33.4 Å². The lowest BCUT2D eigenvalue weighted by Gasteiger charge is -2.57. The molecule has 0 aromatic heterocycles. The zero-order chi connectivity index (χ0) is 19.1. The first-order chi connectivity index (χ1) is 12.8. The van der Waals surface area contributed by atoms with Gasteiger partial charge in [-0.25, -0.2) is 0 Å². The number of fused-ring (bicyclic) bond motifs is 2. The molecule has 2 bridgehead atoms. The maximum Gasteiger partial charge on any atom is 0.0234 e. The molecule has 4 heteroatoms. The average Bonchev–Trinajstić information content (AvgIpc) is 2.56. The van der Waals surface area contributed by atoms with Crippen LogP contribution >= 0.6 is 31.9 Å². The van der Waals surface area contributed by atoms with Gasteiger partial charge in [0.05, 0.1) is 0 Å². The minimum Gasteiger partial charge on any atom is -0.298 e. The fourth-order valence-electron chi connectivity index (χ4n) is 5.54. The molecule has 0 unspecified atom stereocenters. The van der Waals surface area contributed by atoms with Gasteiger partial charge in [0, 0.05) is 48.2 Å². The van der Waals surface area contributed by atoms with Gasteiger partial charge in [0.15, 0.2) is 0 Å². The Labute approximate surface area is 180 Å². The van der Waals surface area contributed by atoms with E-state index in [1.807, 2.05) is 0 Å². The predicted molar refractivity (Wildman–Crippen MR) is 120 cm³/mol. The van der Waals surface area contributed by atoms with Gasteiger partial charge in [0.25, 0.3) is 0 Å². The molecule has 0 amide bonds. The minimum atomic E-state index is 0.371. The Morgan fingerprint density at radius 3 is 1.33 bits per heavy atom. The van der Waals surface area contributed by atoms with Crippen LogP contribution < -0.4 is 0 Å². The molecule has 2 fully saturated rings. The summed E-state index contributed by atoms with van der Waals surface area (Å²) in [5.74, 6) is 0. The third-order valence-electron chi connectivity index (χ3n) is 5.91. The Bertz CT molecular complexity index is 706. The van der Waals surface area contributed by atoms with Gasteiger partial charge in [-0.2, -0.15) is 0 Å². The van der Waals surface area contributed by atoms with Crippen molar-refractivity contribution in [1.29, 1.82) is 0 Å². The smallest absolute Gasteiger partial charge is 0.0234 e. The highest BCUT2D eigenvalue weighted by Gasteiger charge is 2.48. The van der Waals surface area contributed by atoms with Crippen LogP contribution in [-0.2, 0) is 13.1 Å². The maximum absolute atomic E-state index is 3.54. The molecule has 2 aliphatic heterocycles. The summed E-state index contributed by atoms with van der Waals surface area (Å²) in [4.78, 5) is 5.37. The molecule has 27 heavy (non-hydrogen) atoms. The van der Waals surface area contributed by atoms with Gasteiger partial charge in [-0.3, -0.25) is 9.80 Å². The van der Waals surface area contributed by atoms with Gasteiger partial charge >= 0.3 is 0 Å². The van der Waals surface area contributed by atoms with E-state index in [-0.39, 0.29) is 0 Å². The molecule has 0 radical (unpaired) electrons. The third kappa shape index (κ3) is 4.84. The summed E-state index contributed by atoms with van der Waals surface area (Å²) in [6, 6.07) is 17.6. The van der Waals surface area contributed by atoms with E-state index in [0.29, 0.717) is 10.8 Å². The molecule has 0 aliphatic carbocycles. The molecule has 2 aliphatic rings. The number of hydrogen-bond donors (Lipinski definition) is 0. The normalized spacial score (nSPS) is 29.0. The quantitative estimate of drug-likeness (QED) is 0.521. The van der Waals surface area contributed by atoms with E-state index in [1.54, 1.807) is 0 Å². The largest absolute Gasteiger partial charge is 0.298 e. The molecule has 2 aromatic rings. The Balaban J connectivity index is 1.45. The number of likely N-dealkylation sites (tertiary alicyclic amines) is 2. The zero-order valence-electron chi connectivity index (χ0n) is 16.2. The summed E-state index contributed by atoms with van der Waals surface area (Å²) in [5.41, 5.74) is 3.57. The van der Waals surface area contributed by atoms with Crippen LogP contribution in [0.5, 0.6) is 0 Å². The average molecular weight is 492 g/mol. The second kappa shape index (κ2) is 7.62. The monoisotopic (exact) mass is 490 g/mol. The van der Waals surface area contributed by atoms with Crippen LogP contribution in [0.3, 0.4) is 0 Å². The van der Waals surface area contributed by atoms with Crippen molar-refractivity contribution < 1.29 is 0 Å². The van der Waals surface area contributed by atoms with E-state index >= 15 is 0 Å². The van der Waals surface area contributed by atoms with Crippen LogP contribution in [0.2, 0.25) is 0 Å². The molecule has 2 saturated heterocycles. The van der Waals surface area contributed by atoms with Crippen LogP contribution in [0.4, 0.5) is 0 Å². The van der Waals surface area contributed by atoms with E-state index in [0.717, 1.165) is 22.0 Å². The Kier molecular flexibility index (Phi) is 5.54. The predicted octanol–water partition coefficient (Wildman–Crippen LogP) is 5.95. The molecule has 0 saturated carbocycles. The van der Waals surface area contributed by atoms with Gasteiger partial charge in [0.2, 0.25) is 0 Å². The lowest BCUT2D eigenvalue weighted by atomic mass is 9.65. The lowest BCUT2D eigenvalue weighted by molar-refractivity contribution is -0.0791. The molecule has 2 heterocycles. The second-order valence-corrected chi connectivity index (χ2v) is 11.2. The summed E-state index contributed by atoms with van der Waals surface area (Å²) in [7, 11) is 0. The molecular formula is C23H28Br2N2. The van der Waals surface area contributed by atoms with Crippen LogP contribution in [0.25, 0.3) is 0 Å². The van der Waals surface area contributed by atoms with Crippen LogP contribution in [0.15, 0.2) is 57.5 Å². The van der Waals surface area contributed by atoms with Crippen LogP contribution in [-0.4, -0.2) is 36.0 Å². The summed E-state index contributed by atoms with van der Waals surface area (Å²) >= 11 is 7.09. The molecule has 0 atom stereocenters. The number of piperidine rings is 2. The zero-order valence-corrected chi connectivity index (χ0v) is 19.4. The fraction of sp³-hybridized carbons (Fsp3) is 0.478. The molecule has 4 rings (SSSR count). The third-order valence-corrected chi connectivity index (χ3v) is 6.97. The van der Waals surface area contributed by atoms with E-state index < -0.39 is 0 Å². The van der Waals surface area contributed by atoms with Crippen molar-refractivity contribution in [3.8, 4) is 0 Å². The standard InChI is InChI=1S/C23H28Br2N2/c1-22-13-23(2,16-26(14-22)11-18-3-7-20(24)8-4-18)17-27(15-22)12-19-5-9-21(25)10-6-19/h3-10H,11-17H2,1-2H3. The van der Waals surface area contributed by atoms with Gasteiger partial charge in [0.1, 0.15) is 0 Å². The number of halogens is 2. The molecule has 144 valence electrons. The Morgan fingerprint density at radius 1 is 0.667 bits per heavy atom. The highest BCUT2D eigenvalue weighted by molar-refractivity contribution is 9.10. The molecule has 0 spiro atoms. The summed E-state index contributed by atoms with van der Waals surface area (Å²) < 4.78 is 2.31. The molecule has 2 nitrogen and oxygen atoms in total. The first kappa shape index (κ1) is 19.6. The van der Waals surface area contributed by atoms with Crippen molar-refractivity contribution in [2.24, 2.45) is 10.8 Å². The second-order valence-electron chi connectivity index (χ2n) is 9.34. The van der Waals surface area contributed by atoms with Crippen LogP contribution in [0, 0.1) is 10.8 Å². The van der Waals surface area contributed by atoms with Gasteiger partial charge in [-0.05, 0) is 52.6 Å². The highest BCUT2D eigenvalue weighted by Crippen LogP contribution is 2.46. The number of rotatable bonds is 4. The Hall–Kier alpha value is -0.680. The van der Waals surface area contributed by atoms with Crippen molar-refractivity contribution in [3.05, 3.63) is 68.6 Å².